The van der Waals surface area contributed by atoms with Crippen LogP contribution in [0.15, 0.2) is 29.2 Å². The normalized spacial score (nSPS) is 16.9. The summed E-state index contributed by atoms with van der Waals surface area (Å²) >= 11 is 0. The molecule has 0 spiro atoms. The fourth-order valence-electron chi connectivity index (χ4n) is 2.09. The zero-order chi connectivity index (χ0) is 14.6. The molecular formula is C14H21NO4S. The average molecular weight is 299 g/mol. The minimum absolute atomic E-state index is 0.0663. The summed E-state index contributed by atoms with van der Waals surface area (Å²) in [4.78, 5) is 0.328. The quantitative estimate of drug-likeness (QED) is 0.801. The first-order chi connectivity index (χ1) is 9.50. The van der Waals surface area contributed by atoms with E-state index in [-0.39, 0.29) is 6.29 Å². The molecule has 1 aliphatic heterocycles. The lowest BCUT2D eigenvalue weighted by atomic mass is 10.1. The first-order valence-corrected chi connectivity index (χ1v) is 8.19. The van der Waals surface area contributed by atoms with Crippen molar-refractivity contribution < 1.29 is 17.9 Å². The molecule has 0 atom stereocenters. The van der Waals surface area contributed by atoms with Gasteiger partial charge in [0.15, 0.2) is 6.29 Å². The smallest absolute Gasteiger partial charge is 0.242 e. The molecule has 0 aromatic heterocycles. The molecule has 1 heterocycles. The van der Waals surface area contributed by atoms with E-state index in [9.17, 15) is 8.42 Å². The molecule has 20 heavy (non-hydrogen) atoms. The lowest BCUT2D eigenvalue weighted by Gasteiger charge is -2.12. The summed E-state index contributed by atoms with van der Waals surface area (Å²) in [5, 5.41) is 0. The molecule has 1 aromatic rings. The van der Waals surface area contributed by atoms with E-state index >= 15 is 0 Å². The molecule has 0 radical (unpaired) electrons. The first kappa shape index (κ1) is 15.4. The number of rotatable bonds is 6. The van der Waals surface area contributed by atoms with Gasteiger partial charge in [-0.2, -0.15) is 0 Å². The van der Waals surface area contributed by atoms with E-state index < -0.39 is 10.0 Å². The summed E-state index contributed by atoms with van der Waals surface area (Å²) in [6.45, 7) is 1.36. The fourth-order valence-corrected chi connectivity index (χ4v) is 2.99. The van der Waals surface area contributed by atoms with Crippen molar-refractivity contribution in [2.24, 2.45) is 0 Å². The molecular weight excluding hydrogens is 278 g/mol. The van der Waals surface area contributed by atoms with Gasteiger partial charge < -0.3 is 9.47 Å². The first-order valence-electron chi connectivity index (χ1n) is 6.75. The van der Waals surface area contributed by atoms with Crippen molar-refractivity contribution in [2.75, 3.05) is 27.3 Å². The van der Waals surface area contributed by atoms with Crippen LogP contribution >= 0.6 is 0 Å². The van der Waals surface area contributed by atoms with Crippen molar-refractivity contribution in [1.82, 2.24) is 4.31 Å². The van der Waals surface area contributed by atoms with Gasteiger partial charge in [0.2, 0.25) is 10.0 Å². The molecule has 0 aliphatic carbocycles. The Bertz CT molecular complexity index is 519. The Morgan fingerprint density at radius 1 is 1.15 bits per heavy atom. The molecule has 5 nitrogen and oxygen atoms in total. The van der Waals surface area contributed by atoms with E-state index in [0.29, 0.717) is 18.1 Å². The van der Waals surface area contributed by atoms with Crippen LogP contribution in [0.4, 0.5) is 0 Å². The maximum atomic E-state index is 11.9. The van der Waals surface area contributed by atoms with E-state index in [1.165, 1.54) is 18.4 Å². The monoisotopic (exact) mass is 299 g/mol. The number of hydrogen-bond donors (Lipinski definition) is 0. The average Bonchev–Trinajstić information content (AvgIpc) is 2.92. The van der Waals surface area contributed by atoms with Crippen LogP contribution < -0.4 is 0 Å². The molecule has 2 rings (SSSR count). The van der Waals surface area contributed by atoms with E-state index in [1.807, 2.05) is 12.1 Å². The van der Waals surface area contributed by atoms with Gasteiger partial charge in [0.1, 0.15) is 0 Å². The summed E-state index contributed by atoms with van der Waals surface area (Å²) in [6.07, 6.45) is 2.66. The second kappa shape index (κ2) is 6.67. The lowest BCUT2D eigenvalue weighted by Crippen LogP contribution is -2.22. The van der Waals surface area contributed by atoms with Crippen LogP contribution in [0.1, 0.15) is 18.4 Å². The molecule has 112 valence electrons. The zero-order valence-electron chi connectivity index (χ0n) is 11.9. The molecule has 0 bridgehead atoms. The van der Waals surface area contributed by atoms with Gasteiger partial charge in [0.25, 0.3) is 0 Å². The standard InChI is InChI=1S/C14H21NO4S/c1-15(2)20(16,17)13-8-6-12(7-9-13)4-3-5-14-18-10-11-19-14/h6-9,14H,3-5,10-11H2,1-2H3. The largest absolute Gasteiger partial charge is 0.350 e. The number of sulfonamides is 1. The second-order valence-corrected chi connectivity index (χ2v) is 7.15. The molecule has 0 saturated carbocycles. The van der Waals surface area contributed by atoms with Crippen molar-refractivity contribution in [2.45, 2.75) is 30.4 Å². The maximum absolute atomic E-state index is 11.9. The topological polar surface area (TPSA) is 55.8 Å². The highest BCUT2D eigenvalue weighted by atomic mass is 32.2. The number of benzene rings is 1. The van der Waals surface area contributed by atoms with Gasteiger partial charge in [-0.15, -0.1) is 0 Å². The van der Waals surface area contributed by atoms with Crippen molar-refractivity contribution in [3.63, 3.8) is 0 Å². The van der Waals surface area contributed by atoms with Crippen LogP contribution in [0.5, 0.6) is 0 Å². The number of hydrogen-bond acceptors (Lipinski definition) is 4. The van der Waals surface area contributed by atoms with Crippen molar-refractivity contribution in [3.05, 3.63) is 29.8 Å². The number of aryl methyl sites for hydroxylation is 1. The molecule has 6 heteroatoms. The van der Waals surface area contributed by atoms with E-state index in [4.69, 9.17) is 9.47 Å². The summed E-state index contributed by atoms with van der Waals surface area (Å²) in [7, 11) is -0.269. The Morgan fingerprint density at radius 2 is 1.75 bits per heavy atom. The van der Waals surface area contributed by atoms with Gasteiger partial charge in [0.05, 0.1) is 18.1 Å². The predicted molar refractivity (Wildman–Crippen MR) is 75.9 cm³/mol. The van der Waals surface area contributed by atoms with Gasteiger partial charge in [0, 0.05) is 14.1 Å². The molecule has 1 saturated heterocycles. The summed E-state index contributed by atoms with van der Waals surface area (Å²) < 4.78 is 35.8. The van der Waals surface area contributed by atoms with Crippen molar-refractivity contribution in [3.8, 4) is 0 Å². The molecule has 1 aromatic carbocycles. The number of nitrogens with zero attached hydrogens (tertiary/aromatic N) is 1. The van der Waals surface area contributed by atoms with Gasteiger partial charge in [-0.1, -0.05) is 12.1 Å². The van der Waals surface area contributed by atoms with E-state index in [0.717, 1.165) is 24.8 Å². The van der Waals surface area contributed by atoms with Crippen LogP contribution in [-0.4, -0.2) is 46.3 Å². The highest BCUT2D eigenvalue weighted by molar-refractivity contribution is 7.89. The molecule has 0 amide bonds. The van der Waals surface area contributed by atoms with Crippen LogP contribution in [0, 0.1) is 0 Å². The Labute approximate surface area is 120 Å². The maximum Gasteiger partial charge on any atom is 0.242 e. The summed E-state index contributed by atoms with van der Waals surface area (Å²) in [5.41, 5.74) is 1.13. The van der Waals surface area contributed by atoms with E-state index in [1.54, 1.807) is 12.1 Å². The molecule has 0 unspecified atom stereocenters. The van der Waals surface area contributed by atoms with Crippen molar-refractivity contribution in [1.29, 1.82) is 0 Å². The second-order valence-electron chi connectivity index (χ2n) is 4.99. The minimum Gasteiger partial charge on any atom is -0.350 e. The van der Waals surface area contributed by atoms with Gasteiger partial charge >= 0.3 is 0 Å². The third kappa shape index (κ3) is 3.79. The minimum atomic E-state index is -3.33. The predicted octanol–water partition coefficient (Wildman–Crippen LogP) is 1.63. The summed E-state index contributed by atoms with van der Waals surface area (Å²) in [5.74, 6) is 0. The third-order valence-electron chi connectivity index (χ3n) is 3.30. The molecule has 0 N–H and O–H groups in total. The van der Waals surface area contributed by atoms with E-state index in [2.05, 4.69) is 0 Å². The number of ether oxygens (including phenoxy) is 2. The Kier molecular flexibility index (Phi) is 5.15. The highest BCUT2D eigenvalue weighted by Crippen LogP contribution is 2.17. The zero-order valence-corrected chi connectivity index (χ0v) is 12.7. The van der Waals surface area contributed by atoms with Crippen LogP contribution in [0.2, 0.25) is 0 Å². The fraction of sp³-hybridized carbons (Fsp3) is 0.571. The Hall–Kier alpha value is -0.950. The molecule has 1 aliphatic rings. The Balaban J connectivity index is 1.88. The van der Waals surface area contributed by atoms with Crippen molar-refractivity contribution >= 4 is 10.0 Å². The molecule has 1 fully saturated rings. The van der Waals surface area contributed by atoms with Crippen LogP contribution in [-0.2, 0) is 25.9 Å². The summed E-state index contributed by atoms with van der Waals surface area (Å²) in [6, 6.07) is 7.06. The highest BCUT2D eigenvalue weighted by Gasteiger charge is 2.17. The SMILES string of the molecule is CN(C)S(=O)(=O)c1ccc(CCCC2OCCO2)cc1. The van der Waals surface area contributed by atoms with Crippen LogP contribution in [0.25, 0.3) is 0 Å². The third-order valence-corrected chi connectivity index (χ3v) is 5.13. The van der Waals surface area contributed by atoms with Gasteiger partial charge in [-0.3, -0.25) is 0 Å². The van der Waals surface area contributed by atoms with Gasteiger partial charge in [-0.05, 0) is 37.0 Å². The Morgan fingerprint density at radius 3 is 2.30 bits per heavy atom. The van der Waals surface area contributed by atoms with Gasteiger partial charge in [-0.25, -0.2) is 12.7 Å². The van der Waals surface area contributed by atoms with Crippen LogP contribution in [0.3, 0.4) is 0 Å². The lowest BCUT2D eigenvalue weighted by molar-refractivity contribution is -0.0475.